The van der Waals surface area contributed by atoms with Gasteiger partial charge in [-0.05, 0) is 12.5 Å². The predicted octanol–water partition coefficient (Wildman–Crippen LogP) is -0.0627. The zero-order valence-corrected chi connectivity index (χ0v) is 9.38. The summed E-state index contributed by atoms with van der Waals surface area (Å²) >= 11 is 0. The Kier molecular flexibility index (Phi) is 3.13. The minimum atomic E-state index is -0.445. The highest BCUT2D eigenvalue weighted by molar-refractivity contribution is 5.05. The summed E-state index contributed by atoms with van der Waals surface area (Å²) in [5, 5.41) is 0. The van der Waals surface area contributed by atoms with E-state index in [1.54, 1.807) is 24.7 Å². The SMILES string of the molecule is CCc1cn(Cc2ncccn2)c(=O)[nH]c1=O. The van der Waals surface area contributed by atoms with Gasteiger partial charge in [0, 0.05) is 24.2 Å². The smallest absolute Gasteiger partial charge is 0.293 e. The van der Waals surface area contributed by atoms with Crippen molar-refractivity contribution in [2.45, 2.75) is 19.9 Å². The molecule has 0 unspecified atom stereocenters. The van der Waals surface area contributed by atoms with Crippen LogP contribution in [0, 0.1) is 0 Å². The highest BCUT2D eigenvalue weighted by Crippen LogP contribution is 1.93. The van der Waals surface area contributed by atoms with Crippen molar-refractivity contribution in [3.05, 3.63) is 56.9 Å². The lowest BCUT2D eigenvalue weighted by Crippen LogP contribution is -2.32. The topological polar surface area (TPSA) is 80.6 Å². The number of aromatic amines is 1. The Bertz CT molecular complexity index is 615. The first kappa shape index (κ1) is 11.3. The van der Waals surface area contributed by atoms with Gasteiger partial charge in [-0.2, -0.15) is 0 Å². The second kappa shape index (κ2) is 4.73. The normalized spacial score (nSPS) is 10.4. The summed E-state index contributed by atoms with van der Waals surface area (Å²) in [6, 6.07) is 1.70. The summed E-state index contributed by atoms with van der Waals surface area (Å²) in [7, 11) is 0. The van der Waals surface area contributed by atoms with Gasteiger partial charge >= 0.3 is 5.69 Å². The molecule has 2 rings (SSSR count). The molecule has 0 bridgehead atoms. The summed E-state index contributed by atoms with van der Waals surface area (Å²) in [5.41, 5.74) is -0.206. The second-order valence-corrected chi connectivity index (χ2v) is 3.56. The summed E-state index contributed by atoms with van der Waals surface area (Å²) in [4.78, 5) is 33.3. The Labute approximate surface area is 97.0 Å². The molecule has 0 amide bonds. The lowest BCUT2D eigenvalue weighted by atomic mass is 10.2. The Hall–Kier alpha value is -2.24. The molecule has 0 spiro atoms. The zero-order chi connectivity index (χ0) is 12.3. The molecule has 6 nitrogen and oxygen atoms in total. The third kappa shape index (κ3) is 2.47. The highest BCUT2D eigenvalue weighted by atomic mass is 16.2. The van der Waals surface area contributed by atoms with Crippen LogP contribution in [0.5, 0.6) is 0 Å². The number of aromatic nitrogens is 4. The standard InChI is InChI=1S/C11H12N4O2/c1-2-8-6-15(11(17)14-10(8)16)7-9-12-4-3-5-13-9/h3-6H,2,7H2,1H3,(H,14,16,17). The van der Waals surface area contributed by atoms with Crippen molar-refractivity contribution in [3.63, 3.8) is 0 Å². The van der Waals surface area contributed by atoms with E-state index >= 15 is 0 Å². The monoisotopic (exact) mass is 232 g/mol. The van der Waals surface area contributed by atoms with E-state index in [4.69, 9.17) is 0 Å². The average molecular weight is 232 g/mol. The maximum atomic E-state index is 11.6. The van der Waals surface area contributed by atoms with Crippen LogP contribution in [-0.2, 0) is 13.0 Å². The van der Waals surface area contributed by atoms with Crippen LogP contribution in [0.25, 0.3) is 0 Å². The molecular formula is C11H12N4O2. The number of rotatable bonds is 3. The van der Waals surface area contributed by atoms with E-state index in [2.05, 4.69) is 15.0 Å². The van der Waals surface area contributed by atoms with Gasteiger partial charge in [0.1, 0.15) is 5.82 Å². The van der Waals surface area contributed by atoms with Crippen LogP contribution in [0.15, 0.2) is 34.2 Å². The Morgan fingerprint density at radius 3 is 2.65 bits per heavy atom. The van der Waals surface area contributed by atoms with Crippen molar-refractivity contribution in [1.29, 1.82) is 0 Å². The number of H-pyrrole nitrogens is 1. The molecule has 0 saturated heterocycles. The van der Waals surface area contributed by atoms with Crippen molar-refractivity contribution >= 4 is 0 Å². The molecule has 0 aliphatic carbocycles. The van der Waals surface area contributed by atoms with Crippen molar-refractivity contribution in [2.24, 2.45) is 0 Å². The van der Waals surface area contributed by atoms with Gasteiger partial charge in [0.05, 0.1) is 6.54 Å². The van der Waals surface area contributed by atoms with E-state index in [1.165, 1.54) is 4.57 Å². The van der Waals surface area contributed by atoms with Gasteiger partial charge in [-0.15, -0.1) is 0 Å². The average Bonchev–Trinajstić information content (AvgIpc) is 2.34. The van der Waals surface area contributed by atoms with Crippen LogP contribution in [-0.4, -0.2) is 19.5 Å². The first-order chi connectivity index (χ1) is 8.20. The number of aryl methyl sites for hydroxylation is 1. The Balaban J connectivity index is 2.40. The molecule has 0 saturated carbocycles. The van der Waals surface area contributed by atoms with Gasteiger partial charge in [-0.1, -0.05) is 6.92 Å². The fourth-order valence-electron chi connectivity index (χ4n) is 1.49. The van der Waals surface area contributed by atoms with E-state index in [1.807, 2.05) is 6.92 Å². The van der Waals surface area contributed by atoms with Gasteiger partial charge < -0.3 is 0 Å². The van der Waals surface area contributed by atoms with Crippen molar-refractivity contribution in [2.75, 3.05) is 0 Å². The van der Waals surface area contributed by atoms with Crippen LogP contribution >= 0.6 is 0 Å². The molecule has 0 aliphatic heterocycles. The van der Waals surface area contributed by atoms with E-state index < -0.39 is 5.69 Å². The fourth-order valence-corrected chi connectivity index (χ4v) is 1.49. The molecule has 0 fully saturated rings. The Morgan fingerprint density at radius 2 is 2.00 bits per heavy atom. The molecule has 1 N–H and O–H groups in total. The van der Waals surface area contributed by atoms with Crippen molar-refractivity contribution < 1.29 is 0 Å². The van der Waals surface area contributed by atoms with Crippen molar-refractivity contribution in [1.82, 2.24) is 19.5 Å². The molecule has 17 heavy (non-hydrogen) atoms. The fraction of sp³-hybridized carbons (Fsp3) is 0.273. The number of nitrogens with one attached hydrogen (secondary N) is 1. The van der Waals surface area contributed by atoms with Crippen molar-refractivity contribution in [3.8, 4) is 0 Å². The summed E-state index contributed by atoms with van der Waals surface area (Å²) in [5.74, 6) is 0.531. The van der Waals surface area contributed by atoms with E-state index in [-0.39, 0.29) is 12.1 Å². The minimum absolute atomic E-state index is 0.253. The maximum Gasteiger partial charge on any atom is 0.328 e. The molecule has 0 radical (unpaired) electrons. The van der Waals surface area contributed by atoms with E-state index in [0.29, 0.717) is 17.8 Å². The molecule has 88 valence electrons. The van der Waals surface area contributed by atoms with Crippen LogP contribution in [0.1, 0.15) is 18.3 Å². The molecule has 6 heteroatoms. The predicted molar refractivity (Wildman–Crippen MR) is 61.8 cm³/mol. The molecular weight excluding hydrogens is 220 g/mol. The molecule has 2 aromatic heterocycles. The van der Waals surface area contributed by atoms with Crippen LogP contribution in [0.2, 0.25) is 0 Å². The number of nitrogens with zero attached hydrogens (tertiary/aromatic N) is 3. The highest BCUT2D eigenvalue weighted by Gasteiger charge is 2.04. The van der Waals surface area contributed by atoms with Crippen LogP contribution < -0.4 is 11.2 Å². The molecule has 0 aromatic carbocycles. The maximum absolute atomic E-state index is 11.6. The first-order valence-electron chi connectivity index (χ1n) is 5.29. The van der Waals surface area contributed by atoms with Gasteiger partial charge in [-0.25, -0.2) is 14.8 Å². The third-order valence-corrected chi connectivity index (χ3v) is 2.40. The zero-order valence-electron chi connectivity index (χ0n) is 9.38. The third-order valence-electron chi connectivity index (χ3n) is 2.40. The largest absolute Gasteiger partial charge is 0.328 e. The molecule has 2 aromatic rings. The molecule has 2 heterocycles. The number of hydrogen-bond donors (Lipinski definition) is 1. The molecule has 0 atom stereocenters. The van der Waals surface area contributed by atoms with Gasteiger partial charge in [-0.3, -0.25) is 14.3 Å². The molecule has 0 aliphatic rings. The Morgan fingerprint density at radius 1 is 1.29 bits per heavy atom. The van der Waals surface area contributed by atoms with Gasteiger partial charge in [0.15, 0.2) is 0 Å². The van der Waals surface area contributed by atoms with Gasteiger partial charge in [0.25, 0.3) is 5.56 Å². The first-order valence-corrected chi connectivity index (χ1v) is 5.29. The second-order valence-electron chi connectivity index (χ2n) is 3.56. The lowest BCUT2D eigenvalue weighted by molar-refractivity contribution is 0.676. The minimum Gasteiger partial charge on any atom is -0.293 e. The van der Waals surface area contributed by atoms with E-state index in [0.717, 1.165) is 0 Å². The quantitative estimate of drug-likeness (QED) is 0.803. The number of hydrogen-bond acceptors (Lipinski definition) is 4. The van der Waals surface area contributed by atoms with Crippen LogP contribution in [0.4, 0.5) is 0 Å². The van der Waals surface area contributed by atoms with Crippen LogP contribution in [0.3, 0.4) is 0 Å². The van der Waals surface area contributed by atoms with Gasteiger partial charge in [0.2, 0.25) is 0 Å². The summed E-state index contributed by atoms with van der Waals surface area (Å²) in [6.07, 6.45) is 5.35. The lowest BCUT2D eigenvalue weighted by Gasteiger charge is -2.05. The summed E-state index contributed by atoms with van der Waals surface area (Å²) in [6.45, 7) is 2.11. The van der Waals surface area contributed by atoms with E-state index in [9.17, 15) is 9.59 Å². The summed E-state index contributed by atoms with van der Waals surface area (Å²) < 4.78 is 1.40.